The Bertz CT molecular complexity index is 1000. The summed E-state index contributed by atoms with van der Waals surface area (Å²) >= 11 is -1.60. The fourth-order valence-corrected chi connectivity index (χ4v) is 3.77. The molecule has 0 radical (unpaired) electrons. The maximum absolute atomic E-state index is 12.9. The van der Waals surface area contributed by atoms with Crippen LogP contribution in [-0.4, -0.2) is 15.0 Å². The van der Waals surface area contributed by atoms with Gasteiger partial charge in [0.1, 0.15) is 12.7 Å². The molecule has 168 valence electrons. The molecule has 0 unspecified atom stereocenters. The van der Waals surface area contributed by atoms with Crippen LogP contribution in [0.2, 0.25) is 0 Å². The van der Waals surface area contributed by atoms with Gasteiger partial charge in [0, 0.05) is 0 Å². The SMILES string of the molecule is CC(C)(C)[S@](=O)O[C@H](c1ccccc1)[C@@H](NC(=O)OCc1ccccc1)c1ccccc1. The normalized spacial score (nSPS) is 14.2. The van der Waals surface area contributed by atoms with Crippen molar-refractivity contribution < 1.29 is 17.9 Å². The Labute approximate surface area is 192 Å². The van der Waals surface area contributed by atoms with Crippen molar-refractivity contribution in [1.29, 1.82) is 0 Å². The van der Waals surface area contributed by atoms with Gasteiger partial charge in [0.25, 0.3) is 0 Å². The van der Waals surface area contributed by atoms with Crippen LogP contribution in [0, 0.1) is 0 Å². The molecule has 3 rings (SSSR count). The second-order valence-electron chi connectivity index (χ2n) is 8.37. The van der Waals surface area contributed by atoms with E-state index in [0.717, 1.165) is 16.7 Å². The summed E-state index contributed by atoms with van der Waals surface area (Å²) in [7, 11) is 0. The van der Waals surface area contributed by atoms with Gasteiger partial charge in [-0.2, -0.15) is 0 Å². The molecule has 3 aromatic rings. The molecule has 5 nitrogen and oxygen atoms in total. The van der Waals surface area contributed by atoms with E-state index in [2.05, 4.69) is 5.32 Å². The Kier molecular flexibility index (Phi) is 8.20. The maximum Gasteiger partial charge on any atom is 0.408 e. The third kappa shape index (κ3) is 6.77. The molecule has 0 aromatic heterocycles. The molecule has 0 saturated heterocycles. The van der Waals surface area contributed by atoms with Crippen molar-refractivity contribution in [3.8, 4) is 0 Å². The molecule has 3 atom stereocenters. The van der Waals surface area contributed by atoms with Gasteiger partial charge in [0.15, 0.2) is 11.1 Å². The second-order valence-corrected chi connectivity index (χ2v) is 10.3. The summed E-state index contributed by atoms with van der Waals surface area (Å²) in [4.78, 5) is 12.8. The Hall–Kier alpha value is -2.96. The highest BCUT2D eigenvalue weighted by atomic mass is 32.2. The van der Waals surface area contributed by atoms with Crippen molar-refractivity contribution in [2.75, 3.05) is 0 Å². The predicted octanol–water partition coefficient (Wildman–Crippen LogP) is 5.87. The molecule has 0 fully saturated rings. The van der Waals surface area contributed by atoms with Gasteiger partial charge in [0.05, 0.1) is 10.8 Å². The Morgan fingerprint density at radius 1 is 0.844 bits per heavy atom. The minimum Gasteiger partial charge on any atom is -0.445 e. The van der Waals surface area contributed by atoms with Gasteiger partial charge >= 0.3 is 6.09 Å². The Morgan fingerprint density at radius 3 is 1.88 bits per heavy atom. The van der Waals surface area contributed by atoms with Crippen LogP contribution in [0.5, 0.6) is 0 Å². The molecule has 1 amide bonds. The first-order chi connectivity index (χ1) is 15.3. The van der Waals surface area contributed by atoms with Crippen LogP contribution in [0.4, 0.5) is 4.79 Å². The number of benzene rings is 3. The lowest BCUT2D eigenvalue weighted by Crippen LogP contribution is -2.36. The molecular weight excluding hydrogens is 422 g/mol. The van der Waals surface area contributed by atoms with Crippen LogP contribution in [0.15, 0.2) is 91.0 Å². The van der Waals surface area contributed by atoms with Crippen molar-refractivity contribution in [2.24, 2.45) is 0 Å². The molecular formula is C26H29NO4S. The van der Waals surface area contributed by atoms with E-state index in [4.69, 9.17) is 8.92 Å². The number of alkyl carbamates (subject to hydrolysis) is 1. The zero-order valence-electron chi connectivity index (χ0n) is 18.6. The Morgan fingerprint density at radius 2 is 1.34 bits per heavy atom. The zero-order valence-corrected chi connectivity index (χ0v) is 19.4. The van der Waals surface area contributed by atoms with Gasteiger partial charge in [-0.15, -0.1) is 0 Å². The topological polar surface area (TPSA) is 64.6 Å². The van der Waals surface area contributed by atoms with Gasteiger partial charge in [-0.05, 0) is 37.5 Å². The number of hydrogen-bond donors (Lipinski definition) is 1. The molecule has 1 N–H and O–H groups in total. The van der Waals surface area contributed by atoms with Crippen molar-refractivity contribution in [1.82, 2.24) is 5.32 Å². The third-order valence-corrected chi connectivity index (χ3v) is 6.15. The highest BCUT2D eigenvalue weighted by molar-refractivity contribution is 7.81. The Balaban J connectivity index is 1.88. The van der Waals surface area contributed by atoms with E-state index < -0.39 is 34.1 Å². The maximum atomic E-state index is 12.9. The quantitative estimate of drug-likeness (QED) is 0.465. The second kappa shape index (κ2) is 11.1. The summed E-state index contributed by atoms with van der Waals surface area (Å²) in [6.45, 7) is 5.71. The van der Waals surface area contributed by atoms with E-state index in [1.54, 1.807) is 0 Å². The molecule has 0 bridgehead atoms. The summed E-state index contributed by atoms with van der Waals surface area (Å²) in [6, 6.07) is 27.9. The van der Waals surface area contributed by atoms with E-state index in [-0.39, 0.29) is 6.61 Å². The molecule has 3 aromatic carbocycles. The number of ether oxygens (including phenoxy) is 1. The van der Waals surface area contributed by atoms with E-state index in [0.29, 0.717) is 0 Å². The van der Waals surface area contributed by atoms with Crippen molar-refractivity contribution in [2.45, 2.75) is 44.3 Å². The van der Waals surface area contributed by atoms with E-state index >= 15 is 0 Å². The largest absolute Gasteiger partial charge is 0.445 e. The summed E-state index contributed by atoms with van der Waals surface area (Å²) in [5.41, 5.74) is 2.52. The number of rotatable bonds is 8. The first-order valence-electron chi connectivity index (χ1n) is 10.5. The van der Waals surface area contributed by atoms with Crippen molar-refractivity contribution in [3.63, 3.8) is 0 Å². The molecule has 6 heteroatoms. The number of nitrogens with one attached hydrogen (secondary N) is 1. The lowest BCUT2D eigenvalue weighted by atomic mass is 9.96. The third-order valence-electron chi connectivity index (χ3n) is 4.77. The van der Waals surface area contributed by atoms with E-state index in [1.165, 1.54) is 0 Å². The highest BCUT2D eigenvalue weighted by Gasteiger charge is 2.33. The summed E-state index contributed by atoms with van der Waals surface area (Å²) in [5.74, 6) is 0. The molecule has 0 aliphatic heterocycles. The standard InChI is InChI=1S/C26H29NO4S/c1-26(2,3)32(29)31-24(22-17-11-6-12-18-22)23(21-15-9-5-10-16-21)27-25(28)30-19-20-13-7-4-8-14-20/h4-18,23-24H,19H2,1-3H3,(H,27,28)/t23-,24+,32+/m0/s1. The number of carbonyl (C=O) groups is 1. The van der Waals surface area contributed by atoms with Gasteiger partial charge in [-0.3, -0.25) is 4.18 Å². The van der Waals surface area contributed by atoms with Gasteiger partial charge in [0.2, 0.25) is 0 Å². The number of carbonyl (C=O) groups excluding carboxylic acids is 1. The molecule has 32 heavy (non-hydrogen) atoms. The average Bonchev–Trinajstić information content (AvgIpc) is 2.81. The van der Waals surface area contributed by atoms with Crippen LogP contribution in [0.25, 0.3) is 0 Å². The molecule has 0 spiro atoms. The molecule has 0 aliphatic carbocycles. The number of amides is 1. The molecule has 0 aliphatic rings. The molecule has 0 heterocycles. The van der Waals surface area contributed by atoms with Crippen LogP contribution in [0.1, 0.15) is 49.6 Å². The minimum atomic E-state index is -1.60. The lowest BCUT2D eigenvalue weighted by molar-refractivity contribution is 0.116. The van der Waals surface area contributed by atoms with Gasteiger partial charge in [-0.1, -0.05) is 91.0 Å². The van der Waals surface area contributed by atoms with Crippen molar-refractivity contribution >= 4 is 17.2 Å². The first-order valence-corrected chi connectivity index (χ1v) is 11.6. The summed E-state index contributed by atoms with van der Waals surface area (Å²) in [5, 5.41) is 2.94. The van der Waals surface area contributed by atoms with Crippen LogP contribution >= 0.6 is 0 Å². The summed E-state index contributed by atoms with van der Waals surface area (Å²) in [6.07, 6.45) is -1.25. The number of hydrogen-bond acceptors (Lipinski definition) is 4. The van der Waals surface area contributed by atoms with Crippen molar-refractivity contribution in [3.05, 3.63) is 108 Å². The van der Waals surface area contributed by atoms with Gasteiger partial charge < -0.3 is 10.1 Å². The smallest absolute Gasteiger partial charge is 0.408 e. The van der Waals surface area contributed by atoms with Gasteiger partial charge in [-0.25, -0.2) is 9.00 Å². The monoisotopic (exact) mass is 451 g/mol. The average molecular weight is 452 g/mol. The fourth-order valence-electron chi connectivity index (χ4n) is 3.07. The lowest BCUT2D eigenvalue weighted by Gasteiger charge is -2.30. The summed E-state index contributed by atoms with van der Waals surface area (Å²) < 4.78 is 23.9. The van der Waals surface area contributed by atoms with Crippen LogP contribution < -0.4 is 5.32 Å². The first kappa shape index (κ1) is 23.7. The fraction of sp³-hybridized carbons (Fsp3) is 0.269. The minimum absolute atomic E-state index is 0.152. The van der Waals surface area contributed by atoms with E-state index in [1.807, 2.05) is 112 Å². The zero-order chi connectivity index (χ0) is 23.0. The highest BCUT2D eigenvalue weighted by Crippen LogP contribution is 2.35. The van der Waals surface area contributed by atoms with Crippen LogP contribution in [-0.2, 0) is 26.6 Å². The van der Waals surface area contributed by atoms with Crippen LogP contribution in [0.3, 0.4) is 0 Å². The molecule has 0 saturated carbocycles. The van der Waals surface area contributed by atoms with E-state index in [9.17, 15) is 9.00 Å². The predicted molar refractivity (Wildman–Crippen MR) is 127 cm³/mol.